The first-order valence-electron chi connectivity index (χ1n) is 7.51. The molecule has 0 unspecified atom stereocenters. The summed E-state index contributed by atoms with van der Waals surface area (Å²) in [7, 11) is 0. The van der Waals surface area contributed by atoms with E-state index < -0.39 is 11.7 Å². The predicted molar refractivity (Wildman–Crippen MR) is 95.7 cm³/mol. The maximum Gasteiger partial charge on any atom is 0.256 e. The number of ketones is 1. The van der Waals surface area contributed by atoms with Crippen LogP contribution in [0.1, 0.15) is 26.3 Å². The van der Waals surface area contributed by atoms with Gasteiger partial charge in [-0.25, -0.2) is 4.39 Å². The van der Waals surface area contributed by atoms with Crippen molar-refractivity contribution in [1.29, 1.82) is 0 Å². The van der Waals surface area contributed by atoms with Gasteiger partial charge in [0.1, 0.15) is 5.82 Å². The Kier molecular flexibility index (Phi) is 4.91. The van der Waals surface area contributed by atoms with Gasteiger partial charge in [-0.15, -0.1) is 0 Å². The van der Waals surface area contributed by atoms with Crippen LogP contribution in [0.4, 0.5) is 10.1 Å². The van der Waals surface area contributed by atoms with E-state index in [4.69, 9.17) is 11.6 Å². The van der Waals surface area contributed by atoms with Crippen molar-refractivity contribution in [1.82, 2.24) is 0 Å². The highest BCUT2D eigenvalue weighted by molar-refractivity contribution is 6.34. The molecule has 0 aliphatic carbocycles. The van der Waals surface area contributed by atoms with Crippen LogP contribution in [-0.4, -0.2) is 11.7 Å². The first-order chi connectivity index (χ1) is 12.1. The van der Waals surface area contributed by atoms with Crippen molar-refractivity contribution < 1.29 is 14.0 Å². The van der Waals surface area contributed by atoms with Crippen molar-refractivity contribution in [3.63, 3.8) is 0 Å². The zero-order valence-corrected chi connectivity index (χ0v) is 13.8. The third kappa shape index (κ3) is 3.75. The fourth-order valence-electron chi connectivity index (χ4n) is 2.39. The Balaban J connectivity index is 1.93. The van der Waals surface area contributed by atoms with Crippen molar-refractivity contribution in [2.75, 3.05) is 5.32 Å². The van der Waals surface area contributed by atoms with Gasteiger partial charge in [0.05, 0.1) is 16.3 Å². The summed E-state index contributed by atoms with van der Waals surface area (Å²) in [6, 6.07) is 18.5. The number of para-hydroxylation sites is 1. The predicted octanol–water partition coefficient (Wildman–Crippen LogP) is 4.96. The largest absolute Gasteiger partial charge is 0.321 e. The van der Waals surface area contributed by atoms with Gasteiger partial charge in [-0.1, -0.05) is 41.9 Å². The lowest BCUT2D eigenvalue weighted by molar-refractivity contribution is 0.0996. The second-order valence-electron chi connectivity index (χ2n) is 5.32. The van der Waals surface area contributed by atoms with E-state index in [1.54, 1.807) is 48.5 Å². The van der Waals surface area contributed by atoms with E-state index in [1.165, 1.54) is 24.3 Å². The summed E-state index contributed by atoms with van der Waals surface area (Å²) in [4.78, 5) is 25.3. The molecule has 0 bridgehead atoms. The Morgan fingerprint density at radius 1 is 0.800 bits per heavy atom. The number of carbonyl (C=O) groups is 2. The van der Waals surface area contributed by atoms with Gasteiger partial charge in [0.2, 0.25) is 0 Å². The molecular weight excluding hydrogens is 341 g/mol. The number of anilines is 1. The first kappa shape index (κ1) is 16.9. The number of amides is 1. The van der Waals surface area contributed by atoms with Gasteiger partial charge in [0, 0.05) is 11.1 Å². The molecule has 5 heteroatoms. The average molecular weight is 354 g/mol. The van der Waals surface area contributed by atoms with Gasteiger partial charge in [0.25, 0.3) is 5.91 Å². The number of halogens is 2. The van der Waals surface area contributed by atoms with Gasteiger partial charge in [0.15, 0.2) is 5.78 Å². The van der Waals surface area contributed by atoms with Crippen LogP contribution in [0.15, 0.2) is 72.8 Å². The molecule has 0 fully saturated rings. The lowest BCUT2D eigenvalue weighted by Crippen LogP contribution is -2.17. The van der Waals surface area contributed by atoms with Gasteiger partial charge in [-0.2, -0.15) is 0 Å². The van der Waals surface area contributed by atoms with Crippen LogP contribution in [0.3, 0.4) is 0 Å². The molecule has 25 heavy (non-hydrogen) atoms. The summed E-state index contributed by atoms with van der Waals surface area (Å²) >= 11 is 6.05. The smallest absolute Gasteiger partial charge is 0.256 e. The maximum atomic E-state index is 13.1. The van der Waals surface area contributed by atoms with Crippen LogP contribution in [-0.2, 0) is 0 Å². The lowest BCUT2D eigenvalue weighted by Gasteiger charge is -2.10. The Hall–Kier alpha value is -2.98. The quantitative estimate of drug-likeness (QED) is 0.674. The molecule has 0 radical (unpaired) electrons. The van der Waals surface area contributed by atoms with Crippen LogP contribution >= 0.6 is 11.6 Å². The summed E-state index contributed by atoms with van der Waals surface area (Å²) in [6.45, 7) is 0. The van der Waals surface area contributed by atoms with Crippen molar-refractivity contribution in [2.45, 2.75) is 0 Å². The summed E-state index contributed by atoms with van der Waals surface area (Å²) in [5.74, 6) is -1.23. The average Bonchev–Trinajstić information content (AvgIpc) is 2.63. The van der Waals surface area contributed by atoms with Gasteiger partial charge >= 0.3 is 0 Å². The first-order valence-corrected chi connectivity index (χ1v) is 7.89. The second kappa shape index (κ2) is 7.28. The van der Waals surface area contributed by atoms with E-state index in [0.29, 0.717) is 16.3 Å². The van der Waals surface area contributed by atoms with Crippen molar-refractivity contribution in [3.8, 4) is 0 Å². The molecule has 3 nitrogen and oxygen atoms in total. The number of carbonyl (C=O) groups excluding carboxylic acids is 2. The summed E-state index contributed by atoms with van der Waals surface area (Å²) in [5.41, 5.74) is 1.22. The maximum absolute atomic E-state index is 13.1. The molecule has 0 heterocycles. The van der Waals surface area contributed by atoms with Gasteiger partial charge in [-0.3, -0.25) is 9.59 Å². The molecule has 0 aromatic heterocycles. The van der Waals surface area contributed by atoms with Gasteiger partial charge in [-0.05, 0) is 42.5 Å². The monoisotopic (exact) mass is 353 g/mol. The van der Waals surface area contributed by atoms with E-state index in [-0.39, 0.29) is 16.9 Å². The standard InChI is InChI=1S/C20H13ClFNO2/c21-17-7-3-4-8-18(17)23-20(25)16-6-2-1-5-15(16)19(24)13-9-11-14(22)12-10-13/h1-12H,(H,23,25). The van der Waals surface area contributed by atoms with Gasteiger partial charge < -0.3 is 5.32 Å². The van der Waals surface area contributed by atoms with E-state index in [1.807, 2.05) is 0 Å². The van der Waals surface area contributed by atoms with E-state index in [2.05, 4.69) is 5.32 Å². The molecule has 1 N–H and O–H groups in total. The highest BCUT2D eigenvalue weighted by Gasteiger charge is 2.18. The third-order valence-electron chi connectivity index (χ3n) is 3.64. The Morgan fingerprint density at radius 2 is 1.40 bits per heavy atom. The zero-order valence-electron chi connectivity index (χ0n) is 13.0. The molecule has 0 aliphatic rings. The minimum atomic E-state index is -0.445. The highest BCUT2D eigenvalue weighted by atomic mass is 35.5. The molecule has 124 valence electrons. The lowest BCUT2D eigenvalue weighted by atomic mass is 9.98. The molecule has 0 saturated carbocycles. The van der Waals surface area contributed by atoms with Crippen molar-refractivity contribution in [3.05, 3.63) is 100 Å². The molecule has 3 rings (SSSR count). The molecular formula is C20H13ClFNO2. The molecule has 3 aromatic carbocycles. The summed E-state index contributed by atoms with van der Waals surface area (Å²) in [5, 5.41) is 3.10. The minimum absolute atomic E-state index is 0.219. The van der Waals surface area contributed by atoms with Crippen LogP contribution in [0.2, 0.25) is 5.02 Å². The second-order valence-corrected chi connectivity index (χ2v) is 5.72. The van der Waals surface area contributed by atoms with E-state index in [9.17, 15) is 14.0 Å². The Bertz CT molecular complexity index is 938. The SMILES string of the molecule is O=C(Nc1ccccc1Cl)c1ccccc1C(=O)c1ccc(F)cc1. The fraction of sp³-hybridized carbons (Fsp3) is 0. The minimum Gasteiger partial charge on any atom is -0.321 e. The van der Waals surface area contributed by atoms with Crippen molar-refractivity contribution in [2.24, 2.45) is 0 Å². The van der Waals surface area contributed by atoms with Crippen molar-refractivity contribution >= 4 is 29.0 Å². The summed E-state index contributed by atoms with van der Waals surface area (Å²) < 4.78 is 13.1. The molecule has 0 saturated heterocycles. The van der Waals surface area contributed by atoms with Crippen LogP contribution < -0.4 is 5.32 Å². The fourth-order valence-corrected chi connectivity index (χ4v) is 2.57. The molecule has 0 atom stereocenters. The zero-order chi connectivity index (χ0) is 17.8. The number of hydrogen-bond acceptors (Lipinski definition) is 2. The van der Waals surface area contributed by atoms with E-state index in [0.717, 1.165) is 0 Å². The Morgan fingerprint density at radius 3 is 2.08 bits per heavy atom. The van der Waals surface area contributed by atoms with Crippen LogP contribution in [0.5, 0.6) is 0 Å². The van der Waals surface area contributed by atoms with Crippen LogP contribution in [0, 0.1) is 5.82 Å². The number of benzene rings is 3. The molecule has 3 aromatic rings. The van der Waals surface area contributed by atoms with E-state index >= 15 is 0 Å². The number of rotatable bonds is 4. The highest BCUT2D eigenvalue weighted by Crippen LogP contribution is 2.22. The molecule has 0 spiro atoms. The molecule has 0 aliphatic heterocycles. The topological polar surface area (TPSA) is 46.2 Å². The van der Waals surface area contributed by atoms with Crippen LogP contribution in [0.25, 0.3) is 0 Å². The summed E-state index contributed by atoms with van der Waals surface area (Å²) in [6.07, 6.45) is 0. The number of hydrogen-bond donors (Lipinski definition) is 1. The Labute approximate surface area is 149 Å². The third-order valence-corrected chi connectivity index (χ3v) is 3.97. The normalized spacial score (nSPS) is 10.3. The molecule has 1 amide bonds. The number of nitrogens with one attached hydrogen (secondary N) is 1.